The van der Waals surface area contributed by atoms with Gasteiger partial charge in [-0.25, -0.2) is 4.79 Å². The average molecular weight is 371 g/mol. The Labute approximate surface area is 156 Å². The van der Waals surface area contributed by atoms with E-state index in [1.54, 1.807) is 12.1 Å². The Hall–Kier alpha value is -3.13. The molecule has 0 unspecified atom stereocenters. The summed E-state index contributed by atoms with van der Waals surface area (Å²) in [5, 5.41) is 14.8. The van der Waals surface area contributed by atoms with E-state index in [4.69, 9.17) is 4.42 Å². The van der Waals surface area contributed by atoms with Crippen LogP contribution in [0.3, 0.4) is 0 Å². The van der Waals surface area contributed by atoms with Crippen molar-refractivity contribution < 1.29 is 23.9 Å². The molecule has 4 amide bonds. The van der Waals surface area contributed by atoms with Crippen molar-refractivity contribution in [2.75, 3.05) is 6.61 Å². The van der Waals surface area contributed by atoms with Crippen LogP contribution in [0.15, 0.2) is 53.1 Å². The Morgan fingerprint density at radius 2 is 2.00 bits per heavy atom. The molecule has 1 aliphatic heterocycles. The van der Waals surface area contributed by atoms with Crippen LogP contribution in [0, 0.1) is 0 Å². The molecule has 1 aromatic carbocycles. The molecule has 0 bridgehead atoms. The van der Waals surface area contributed by atoms with E-state index in [1.165, 1.54) is 6.26 Å². The zero-order chi connectivity index (χ0) is 19.2. The number of amides is 4. The molecule has 3 rings (SSSR count). The largest absolute Gasteiger partial charge is 0.467 e. The van der Waals surface area contributed by atoms with Crippen molar-refractivity contribution in [2.24, 2.45) is 0 Å². The van der Waals surface area contributed by atoms with Crippen molar-refractivity contribution in [1.82, 2.24) is 15.5 Å². The number of aliphatic hydroxyl groups excluding tert-OH is 1. The molecule has 2 heterocycles. The zero-order valence-electron chi connectivity index (χ0n) is 14.6. The molecular formula is C19H21N3O5. The second-order valence-corrected chi connectivity index (χ2v) is 6.26. The van der Waals surface area contributed by atoms with Gasteiger partial charge in [0, 0.05) is 6.42 Å². The SMILES string of the molecule is O=C(CC[C@@H]1NC(=O)N(Cc2ccco2)C1=O)N[C@@H](CO)c1ccccc1. The standard InChI is InChI=1S/C19H21N3O5/c23-12-16(13-5-2-1-3-6-13)20-17(24)9-8-15-18(25)22(19(26)21-15)11-14-7-4-10-27-14/h1-7,10,15-16,23H,8-9,11-12H2,(H,20,24)(H,21,26)/t15-,16-/m0/s1. The van der Waals surface area contributed by atoms with Crippen LogP contribution in [0.25, 0.3) is 0 Å². The maximum Gasteiger partial charge on any atom is 0.325 e. The molecular weight excluding hydrogens is 350 g/mol. The van der Waals surface area contributed by atoms with Gasteiger partial charge in [-0.2, -0.15) is 0 Å². The van der Waals surface area contributed by atoms with E-state index in [-0.39, 0.29) is 37.8 Å². The number of hydrogen-bond donors (Lipinski definition) is 3. The van der Waals surface area contributed by atoms with Crippen LogP contribution in [-0.4, -0.2) is 40.5 Å². The second-order valence-electron chi connectivity index (χ2n) is 6.26. The van der Waals surface area contributed by atoms with Crippen molar-refractivity contribution in [3.05, 3.63) is 60.1 Å². The number of urea groups is 1. The normalized spacial score (nSPS) is 17.7. The van der Waals surface area contributed by atoms with Crippen molar-refractivity contribution in [1.29, 1.82) is 0 Å². The molecule has 8 heteroatoms. The van der Waals surface area contributed by atoms with Crippen LogP contribution in [0.1, 0.15) is 30.2 Å². The van der Waals surface area contributed by atoms with Crippen molar-refractivity contribution in [3.63, 3.8) is 0 Å². The number of furan rings is 1. The third-order valence-corrected chi connectivity index (χ3v) is 4.38. The highest BCUT2D eigenvalue weighted by Crippen LogP contribution is 2.16. The van der Waals surface area contributed by atoms with E-state index in [9.17, 15) is 19.5 Å². The lowest BCUT2D eigenvalue weighted by molar-refractivity contribution is -0.128. The lowest BCUT2D eigenvalue weighted by Crippen LogP contribution is -2.34. The van der Waals surface area contributed by atoms with Crippen LogP contribution in [-0.2, 0) is 16.1 Å². The quantitative estimate of drug-likeness (QED) is 0.606. The van der Waals surface area contributed by atoms with Gasteiger partial charge in [0.25, 0.3) is 5.91 Å². The number of carbonyl (C=O) groups is 3. The molecule has 1 aliphatic rings. The van der Waals surface area contributed by atoms with Crippen LogP contribution < -0.4 is 10.6 Å². The minimum Gasteiger partial charge on any atom is -0.467 e. The summed E-state index contributed by atoms with van der Waals surface area (Å²) in [5.41, 5.74) is 0.795. The summed E-state index contributed by atoms with van der Waals surface area (Å²) in [6.45, 7) is -0.174. The minimum atomic E-state index is -0.748. The summed E-state index contributed by atoms with van der Waals surface area (Å²) in [6.07, 6.45) is 1.70. The number of benzene rings is 1. The first-order chi connectivity index (χ1) is 13.1. The molecule has 0 aliphatic carbocycles. The number of nitrogens with one attached hydrogen (secondary N) is 2. The van der Waals surface area contributed by atoms with E-state index in [0.29, 0.717) is 5.76 Å². The lowest BCUT2D eigenvalue weighted by Gasteiger charge is -2.17. The fraction of sp³-hybridized carbons (Fsp3) is 0.316. The number of hydrogen-bond acceptors (Lipinski definition) is 5. The van der Waals surface area contributed by atoms with E-state index in [1.807, 2.05) is 30.3 Å². The highest BCUT2D eigenvalue weighted by molar-refractivity contribution is 6.04. The van der Waals surface area contributed by atoms with Gasteiger partial charge in [0.2, 0.25) is 5.91 Å². The summed E-state index contributed by atoms with van der Waals surface area (Å²) in [7, 11) is 0. The fourth-order valence-electron chi connectivity index (χ4n) is 2.94. The predicted octanol–water partition coefficient (Wildman–Crippen LogP) is 1.33. The van der Waals surface area contributed by atoms with E-state index in [0.717, 1.165) is 10.5 Å². The Morgan fingerprint density at radius 1 is 1.22 bits per heavy atom. The summed E-state index contributed by atoms with van der Waals surface area (Å²) < 4.78 is 5.16. The molecule has 0 saturated carbocycles. The van der Waals surface area contributed by atoms with E-state index in [2.05, 4.69) is 10.6 Å². The summed E-state index contributed by atoms with van der Waals surface area (Å²) in [5.74, 6) is -0.180. The van der Waals surface area contributed by atoms with Gasteiger partial charge in [0.15, 0.2) is 0 Å². The van der Waals surface area contributed by atoms with Crippen molar-refractivity contribution in [3.8, 4) is 0 Å². The van der Waals surface area contributed by atoms with Gasteiger partial charge in [-0.1, -0.05) is 30.3 Å². The smallest absolute Gasteiger partial charge is 0.325 e. The average Bonchev–Trinajstić information content (AvgIpc) is 3.29. The van der Waals surface area contributed by atoms with Crippen LogP contribution in [0.4, 0.5) is 4.79 Å². The Morgan fingerprint density at radius 3 is 2.67 bits per heavy atom. The maximum absolute atomic E-state index is 12.4. The van der Waals surface area contributed by atoms with E-state index < -0.39 is 18.1 Å². The zero-order valence-corrected chi connectivity index (χ0v) is 14.6. The Kier molecular flexibility index (Phi) is 5.87. The highest BCUT2D eigenvalue weighted by atomic mass is 16.3. The Bertz CT molecular complexity index is 791. The van der Waals surface area contributed by atoms with Crippen LogP contribution >= 0.6 is 0 Å². The third kappa shape index (κ3) is 4.53. The summed E-state index contributed by atoms with van der Waals surface area (Å²) >= 11 is 0. The number of imide groups is 1. The van der Waals surface area contributed by atoms with Gasteiger partial charge in [-0.3, -0.25) is 14.5 Å². The monoisotopic (exact) mass is 371 g/mol. The first kappa shape index (κ1) is 18.7. The Balaban J connectivity index is 1.51. The first-order valence-electron chi connectivity index (χ1n) is 8.68. The van der Waals surface area contributed by atoms with Gasteiger partial charge >= 0.3 is 6.03 Å². The second kappa shape index (κ2) is 8.50. The van der Waals surface area contributed by atoms with Gasteiger partial charge in [-0.05, 0) is 24.1 Å². The molecule has 1 aromatic heterocycles. The summed E-state index contributed by atoms with van der Waals surface area (Å²) in [4.78, 5) is 37.6. The van der Waals surface area contributed by atoms with Crippen molar-refractivity contribution in [2.45, 2.75) is 31.5 Å². The minimum absolute atomic E-state index is 0.0502. The molecule has 27 heavy (non-hydrogen) atoms. The predicted molar refractivity (Wildman–Crippen MR) is 95.2 cm³/mol. The molecule has 0 radical (unpaired) electrons. The van der Waals surface area contributed by atoms with Crippen LogP contribution in [0.5, 0.6) is 0 Å². The molecule has 2 aromatic rings. The topological polar surface area (TPSA) is 112 Å². The molecule has 8 nitrogen and oxygen atoms in total. The number of rotatable bonds is 8. The molecule has 1 saturated heterocycles. The molecule has 1 fully saturated rings. The van der Waals surface area contributed by atoms with Crippen LogP contribution in [0.2, 0.25) is 0 Å². The van der Waals surface area contributed by atoms with Gasteiger partial charge in [0.1, 0.15) is 11.8 Å². The molecule has 142 valence electrons. The number of nitrogens with zero attached hydrogens (tertiary/aromatic N) is 1. The summed E-state index contributed by atoms with van der Waals surface area (Å²) in [6, 6.07) is 10.7. The van der Waals surface area contributed by atoms with E-state index >= 15 is 0 Å². The molecule has 2 atom stereocenters. The van der Waals surface area contributed by atoms with Gasteiger partial charge < -0.3 is 20.2 Å². The fourth-order valence-corrected chi connectivity index (χ4v) is 2.94. The maximum atomic E-state index is 12.4. The number of aliphatic hydroxyl groups is 1. The van der Waals surface area contributed by atoms with Gasteiger partial charge in [-0.15, -0.1) is 0 Å². The molecule has 0 spiro atoms. The highest BCUT2D eigenvalue weighted by Gasteiger charge is 2.38. The third-order valence-electron chi connectivity index (χ3n) is 4.38. The first-order valence-corrected chi connectivity index (χ1v) is 8.68. The van der Waals surface area contributed by atoms with Gasteiger partial charge in [0.05, 0.1) is 25.5 Å². The van der Waals surface area contributed by atoms with Crippen molar-refractivity contribution >= 4 is 17.8 Å². The lowest BCUT2D eigenvalue weighted by atomic mass is 10.1. The molecule has 3 N–H and O–H groups in total. The number of carbonyl (C=O) groups excluding carboxylic acids is 3.